The minimum absolute atomic E-state index is 0. The van der Waals surface area contributed by atoms with Crippen molar-refractivity contribution in [1.82, 2.24) is 0 Å². The van der Waals surface area contributed by atoms with Gasteiger partial charge >= 0.3 is 0 Å². The SMILES string of the molecule is COc1cc(OC)cc(C2C[NH+](CCC(=O)c3ccc(OC)c4ccccc34)CO2)c1.[Cl-]. The highest BCUT2D eigenvalue weighted by atomic mass is 35.5. The van der Waals surface area contributed by atoms with Crippen LogP contribution in [0.3, 0.4) is 0 Å². The van der Waals surface area contributed by atoms with Crippen molar-refractivity contribution in [3.63, 3.8) is 0 Å². The summed E-state index contributed by atoms with van der Waals surface area (Å²) in [5, 5.41) is 1.89. The second-order valence-electron chi connectivity index (χ2n) is 7.68. The number of hydrogen-bond donors (Lipinski definition) is 1. The third kappa shape index (κ3) is 4.99. The third-order valence-electron chi connectivity index (χ3n) is 5.82. The number of quaternary nitrogens is 1. The lowest BCUT2D eigenvalue weighted by molar-refractivity contribution is -0.896. The van der Waals surface area contributed by atoms with Crippen LogP contribution in [0.5, 0.6) is 17.2 Å². The lowest BCUT2D eigenvalue weighted by Gasteiger charge is -2.13. The largest absolute Gasteiger partial charge is 1.00 e. The van der Waals surface area contributed by atoms with E-state index in [2.05, 4.69) is 0 Å². The summed E-state index contributed by atoms with van der Waals surface area (Å²) < 4.78 is 22.2. The Balaban J connectivity index is 0.00000289. The van der Waals surface area contributed by atoms with Gasteiger partial charge in [-0.1, -0.05) is 24.3 Å². The normalized spacial score (nSPS) is 17.6. The molecule has 0 aliphatic carbocycles. The summed E-state index contributed by atoms with van der Waals surface area (Å²) in [5.74, 6) is 2.40. The minimum Gasteiger partial charge on any atom is -1.00 e. The molecular weight excluding hydrogens is 430 g/mol. The summed E-state index contributed by atoms with van der Waals surface area (Å²) in [7, 11) is 4.93. The number of nitrogens with one attached hydrogen (secondary N) is 1. The zero-order valence-corrected chi connectivity index (χ0v) is 19.3. The molecule has 0 saturated carbocycles. The van der Waals surface area contributed by atoms with Gasteiger partial charge in [0.1, 0.15) is 29.9 Å². The Morgan fingerprint density at radius 1 is 0.969 bits per heavy atom. The van der Waals surface area contributed by atoms with Crippen molar-refractivity contribution in [1.29, 1.82) is 0 Å². The van der Waals surface area contributed by atoms with Gasteiger partial charge in [-0.3, -0.25) is 4.79 Å². The van der Waals surface area contributed by atoms with Crippen molar-refractivity contribution in [3.8, 4) is 17.2 Å². The number of methoxy groups -OCH3 is 3. The lowest BCUT2D eigenvalue weighted by atomic mass is 9.99. The number of rotatable bonds is 8. The number of benzene rings is 3. The zero-order chi connectivity index (χ0) is 21.8. The summed E-state index contributed by atoms with van der Waals surface area (Å²) >= 11 is 0. The molecule has 3 aromatic rings. The van der Waals surface area contributed by atoms with Crippen LogP contribution in [-0.2, 0) is 4.74 Å². The van der Waals surface area contributed by atoms with Gasteiger partial charge < -0.3 is 36.3 Å². The van der Waals surface area contributed by atoms with E-state index in [9.17, 15) is 4.79 Å². The Morgan fingerprint density at radius 3 is 2.31 bits per heavy atom. The first-order valence-corrected chi connectivity index (χ1v) is 10.4. The van der Waals surface area contributed by atoms with Gasteiger partial charge in [0.15, 0.2) is 12.5 Å². The van der Waals surface area contributed by atoms with Crippen molar-refractivity contribution in [2.45, 2.75) is 12.5 Å². The predicted molar refractivity (Wildman–Crippen MR) is 118 cm³/mol. The maximum atomic E-state index is 13.0. The molecule has 2 atom stereocenters. The molecule has 3 aromatic carbocycles. The van der Waals surface area contributed by atoms with Gasteiger partial charge in [-0.2, -0.15) is 0 Å². The number of halogens is 1. The highest BCUT2D eigenvalue weighted by Crippen LogP contribution is 2.30. The summed E-state index contributed by atoms with van der Waals surface area (Å²) in [6.45, 7) is 2.09. The van der Waals surface area contributed by atoms with Crippen LogP contribution >= 0.6 is 0 Å². The van der Waals surface area contributed by atoms with Gasteiger partial charge in [0, 0.05) is 17.0 Å². The number of carbonyl (C=O) groups is 1. The van der Waals surface area contributed by atoms with E-state index in [1.165, 1.54) is 4.90 Å². The van der Waals surface area contributed by atoms with Crippen molar-refractivity contribution < 1.29 is 41.0 Å². The molecule has 7 heteroatoms. The molecule has 6 nitrogen and oxygen atoms in total. The van der Waals surface area contributed by atoms with Crippen LogP contribution in [0.4, 0.5) is 0 Å². The highest BCUT2D eigenvalue weighted by molar-refractivity contribution is 6.09. The molecule has 4 rings (SSSR count). The molecule has 0 spiro atoms. The number of ketones is 1. The standard InChI is InChI=1S/C25H27NO5.ClH/c1-28-18-12-17(13-19(14-18)29-2)25-15-26(16-31-25)11-10-23(27)21-8-9-24(30-3)22-7-5-4-6-20(21)22;/h4-9,12-14,25H,10-11,15-16H2,1-3H3;1H. The van der Waals surface area contributed by atoms with Crippen molar-refractivity contribution in [2.24, 2.45) is 0 Å². The minimum atomic E-state index is -0.0454. The fourth-order valence-corrected chi connectivity index (χ4v) is 4.12. The highest BCUT2D eigenvalue weighted by Gasteiger charge is 2.29. The number of carbonyl (C=O) groups excluding carboxylic acids is 1. The van der Waals surface area contributed by atoms with Gasteiger partial charge in [-0.15, -0.1) is 0 Å². The van der Waals surface area contributed by atoms with E-state index < -0.39 is 0 Å². The van der Waals surface area contributed by atoms with Crippen molar-refractivity contribution >= 4 is 16.6 Å². The molecule has 1 saturated heterocycles. The van der Waals surface area contributed by atoms with E-state index in [0.717, 1.165) is 52.2 Å². The molecule has 0 radical (unpaired) electrons. The smallest absolute Gasteiger partial charge is 0.182 e. The Hall–Kier alpha value is -2.80. The first kappa shape index (κ1) is 23.9. The number of fused-ring (bicyclic) bond motifs is 1. The molecule has 0 bridgehead atoms. The lowest BCUT2D eigenvalue weighted by Crippen LogP contribution is -3.10. The zero-order valence-electron chi connectivity index (χ0n) is 18.5. The van der Waals surface area contributed by atoms with Gasteiger partial charge in [0.05, 0.1) is 34.3 Å². The molecule has 0 aromatic heterocycles. The monoisotopic (exact) mass is 457 g/mol. The number of ether oxygens (including phenoxy) is 4. The molecule has 1 aliphatic rings. The molecule has 1 heterocycles. The fraction of sp³-hybridized carbons (Fsp3) is 0.320. The molecule has 1 N–H and O–H groups in total. The average Bonchev–Trinajstić information content (AvgIpc) is 3.30. The van der Waals surface area contributed by atoms with Crippen LogP contribution in [0.15, 0.2) is 54.6 Å². The molecular formula is C25H28ClNO5. The Labute approximate surface area is 194 Å². The second kappa shape index (κ2) is 10.7. The maximum absolute atomic E-state index is 13.0. The van der Waals surface area contributed by atoms with Crippen molar-refractivity contribution in [2.75, 3.05) is 41.1 Å². The van der Waals surface area contributed by atoms with E-state index in [-0.39, 0.29) is 24.3 Å². The van der Waals surface area contributed by atoms with Gasteiger partial charge in [0.2, 0.25) is 0 Å². The maximum Gasteiger partial charge on any atom is 0.182 e. The van der Waals surface area contributed by atoms with E-state index in [1.807, 2.05) is 54.6 Å². The predicted octanol–water partition coefficient (Wildman–Crippen LogP) is 0.0563. The number of hydrogen-bond acceptors (Lipinski definition) is 5. The summed E-state index contributed by atoms with van der Waals surface area (Å²) in [6, 6.07) is 17.4. The van der Waals surface area contributed by atoms with E-state index in [0.29, 0.717) is 13.2 Å². The fourth-order valence-electron chi connectivity index (χ4n) is 4.12. The van der Waals surface area contributed by atoms with E-state index >= 15 is 0 Å². The third-order valence-corrected chi connectivity index (χ3v) is 5.82. The average molecular weight is 458 g/mol. The molecule has 2 unspecified atom stereocenters. The molecule has 1 aliphatic heterocycles. The quantitative estimate of drug-likeness (QED) is 0.485. The topological polar surface area (TPSA) is 58.4 Å². The summed E-state index contributed by atoms with van der Waals surface area (Å²) in [5.41, 5.74) is 1.77. The molecule has 1 fully saturated rings. The van der Waals surface area contributed by atoms with E-state index in [4.69, 9.17) is 18.9 Å². The summed E-state index contributed by atoms with van der Waals surface area (Å²) in [4.78, 5) is 14.3. The Morgan fingerprint density at radius 2 is 1.66 bits per heavy atom. The van der Waals surface area contributed by atoms with Gasteiger partial charge in [0.25, 0.3) is 0 Å². The van der Waals surface area contributed by atoms with Crippen LogP contribution in [0.2, 0.25) is 0 Å². The first-order chi connectivity index (χ1) is 15.1. The summed E-state index contributed by atoms with van der Waals surface area (Å²) in [6.07, 6.45) is 0.416. The van der Waals surface area contributed by atoms with Crippen LogP contribution in [0, 0.1) is 0 Å². The van der Waals surface area contributed by atoms with Gasteiger partial charge in [-0.25, -0.2) is 0 Å². The molecule has 32 heavy (non-hydrogen) atoms. The van der Waals surface area contributed by atoms with Crippen LogP contribution in [0.1, 0.15) is 28.4 Å². The van der Waals surface area contributed by atoms with Gasteiger partial charge in [-0.05, 0) is 35.2 Å². The van der Waals surface area contributed by atoms with E-state index in [1.54, 1.807) is 21.3 Å². The second-order valence-corrected chi connectivity index (χ2v) is 7.68. The van der Waals surface area contributed by atoms with Crippen LogP contribution in [0.25, 0.3) is 10.8 Å². The Bertz CT molecular complexity index is 1060. The number of Topliss-reactive ketones (excluding diaryl/α,β-unsaturated/α-hetero) is 1. The first-order valence-electron chi connectivity index (χ1n) is 10.4. The molecule has 0 amide bonds. The molecule has 170 valence electrons. The Kier molecular flexibility index (Phi) is 7.96. The van der Waals surface area contributed by atoms with Crippen LogP contribution < -0.4 is 31.5 Å². The van der Waals surface area contributed by atoms with Crippen molar-refractivity contribution in [3.05, 3.63) is 65.7 Å². The van der Waals surface area contributed by atoms with Crippen LogP contribution in [-0.4, -0.2) is 46.9 Å².